The van der Waals surface area contributed by atoms with Crippen LogP contribution in [0.15, 0.2) is 67.3 Å². The van der Waals surface area contributed by atoms with Gasteiger partial charge in [0.15, 0.2) is 0 Å². The van der Waals surface area contributed by atoms with Crippen molar-refractivity contribution in [3.63, 3.8) is 0 Å². The largest absolute Gasteiger partial charge is 0.381 e. The maximum absolute atomic E-state index is 3.73. The van der Waals surface area contributed by atoms with Crippen LogP contribution in [0.3, 0.4) is 0 Å². The van der Waals surface area contributed by atoms with Crippen LogP contribution < -0.4 is 5.32 Å². The molecule has 0 spiro atoms. The van der Waals surface area contributed by atoms with Crippen LogP contribution in [0.4, 0.5) is 5.69 Å². The Morgan fingerprint density at radius 3 is 2.68 bits per heavy atom. The average Bonchev–Trinajstić information content (AvgIpc) is 2.46. The summed E-state index contributed by atoms with van der Waals surface area (Å²) in [5.41, 5.74) is 1.20. The maximum atomic E-state index is 3.73. The Balaban J connectivity index is 1.89. The quantitative estimate of drug-likeness (QED) is 0.529. The number of benzene rings is 2. The summed E-state index contributed by atoms with van der Waals surface area (Å²) < 4.78 is 0. The lowest BCUT2D eigenvalue weighted by molar-refractivity contribution is 0.868. The van der Waals surface area contributed by atoms with Gasteiger partial charge < -0.3 is 5.32 Å². The summed E-state index contributed by atoms with van der Waals surface area (Å²) >= 11 is 0. The van der Waals surface area contributed by atoms with Gasteiger partial charge in [-0.05, 0) is 30.7 Å². The Morgan fingerprint density at radius 2 is 1.79 bits per heavy atom. The molecule has 0 aliphatic carbocycles. The van der Waals surface area contributed by atoms with Crippen LogP contribution in [0.2, 0.25) is 0 Å². The van der Waals surface area contributed by atoms with Crippen LogP contribution in [-0.2, 0) is 0 Å². The Morgan fingerprint density at radius 1 is 0.947 bits per heavy atom. The molecule has 0 heterocycles. The van der Waals surface area contributed by atoms with Gasteiger partial charge in [0, 0.05) is 17.6 Å². The van der Waals surface area contributed by atoms with Crippen molar-refractivity contribution in [3.8, 4) is 0 Å². The van der Waals surface area contributed by atoms with Crippen LogP contribution in [0, 0.1) is 0 Å². The summed E-state index contributed by atoms with van der Waals surface area (Å²) in [4.78, 5) is 0. The first kappa shape index (κ1) is 13.4. The van der Waals surface area contributed by atoms with E-state index < -0.39 is 0 Å². The molecule has 0 radical (unpaired) electrons. The fourth-order valence-corrected chi connectivity index (χ4v) is 2.13. The third-order valence-corrected chi connectivity index (χ3v) is 3.15. The van der Waals surface area contributed by atoms with Crippen LogP contribution in [-0.4, -0.2) is 6.54 Å². The van der Waals surface area contributed by atoms with Crippen molar-refractivity contribution in [1.82, 2.24) is 0 Å². The minimum atomic E-state index is 0.877. The Hall–Kier alpha value is -2.02. The molecule has 0 bridgehead atoms. The zero-order chi connectivity index (χ0) is 13.3. The standard InChI is InChI=1S/C18H21N/c1-2-3-4-5-6-9-15-19-18-14-10-12-16-11-7-8-13-17(16)18/h2,6-14,19H,1,3-5,15H2. The Bertz CT molecular complexity index is 549. The number of rotatable bonds is 7. The second-order valence-electron chi connectivity index (χ2n) is 4.60. The molecule has 19 heavy (non-hydrogen) atoms. The second kappa shape index (κ2) is 7.42. The first-order valence-electron chi connectivity index (χ1n) is 6.89. The molecule has 2 rings (SSSR count). The normalized spacial score (nSPS) is 10.9. The van der Waals surface area contributed by atoms with E-state index in [0.717, 1.165) is 19.4 Å². The molecule has 2 aromatic carbocycles. The number of hydrogen-bond donors (Lipinski definition) is 1. The van der Waals surface area contributed by atoms with Gasteiger partial charge in [-0.15, -0.1) is 6.58 Å². The molecule has 0 saturated carbocycles. The predicted molar refractivity (Wildman–Crippen MR) is 85.6 cm³/mol. The van der Waals surface area contributed by atoms with Crippen molar-refractivity contribution in [2.45, 2.75) is 19.3 Å². The van der Waals surface area contributed by atoms with E-state index in [-0.39, 0.29) is 0 Å². The molecule has 0 aliphatic heterocycles. The molecule has 0 fully saturated rings. The third-order valence-electron chi connectivity index (χ3n) is 3.15. The summed E-state index contributed by atoms with van der Waals surface area (Å²) in [6.07, 6.45) is 9.83. The van der Waals surface area contributed by atoms with Gasteiger partial charge in [-0.1, -0.05) is 54.6 Å². The van der Waals surface area contributed by atoms with E-state index in [1.54, 1.807) is 0 Å². The van der Waals surface area contributed by atoms with Gasteiger partial charge in [0.1, 0.15) is 0 Å². The summed E-state index contributed by atoms with van der Waals surface area (Å²) in [6.45, 7) is 4.60. The minimum Gasteiger partial charge on any atom is -0.381 e. The van der Waals surface area contributed by atoms with Gasteiger partial charge in [-0.3, -0.25) is 0 Å². The highest BCUT2D eigenvalue weighted by Crippen LogP contribution is 2.22. The van der Waals surface area contributed by atoms with Crippen molar-refractivity contribution in [3.05, 3.63) is 67.3 Å². The zero-order valence-corrected chi connectivity index (χ0v) is 11.3. The SMILES string of the molecule is C=CCCCC=CCNc1cccc2ccccc12. The number of fused-ring (bicyclic) bond motifs is 1. The molecule has 1 nitrogen and oxygen atoms in total. The fourth-order valence-electron chi connectivity index (χ4n) is 2.13. The lowest BCUT2D eigenvalue weighted by atomic mass is 10.1. The smallest absolute Gasteiger partial charge is 0.0422 e. The lowest BCUT2D eigenvalue weighted by Gasteiger charge is -2.07. The molecule has 0 unspecified atom stereocenters. The molecule has 0 aromatic heterocycles. The topological polar surface area (TPSA) is 12.0 Å². The lowest BCUT2D eigenvalue weighted by Crippen LogP contribution is -1.98. The van der Waals surface area contributed by atoms with Crippen molar-refractivity contribution in [2.24, 2.45) is 0 Å². The van der Waals surface area contributed by atoms with E-state index in [2.05, 4.69) is 66.5 Å². The molecule has 98 valence electrons. The van der Waals surface area contributed by atoms with Gasteiger partial charge in [-0.2, -0.15) is 0 Å². The Kier molecular flexibility index (Phi) is 5.24. The highest BCUT2D eigenvalue weighted by atomic mass is 14.9. The van der Waals surface area contributed by atoms with Crippen molar-refractivity contribution < 1.29 is 0 Å². The van der Waals surface area contributed by atoms with Gasteiger partial charge in [0.25, 0.3) is 0 Å². The van der Waals surface area contributed by atoms with Crippen LogP contribution in [0.25, 0.3) is 10.8 Å². The number of unbranched alkanes of at least 4 members (excludes halogenated alkanes) is 2. The van der Waals surface area contributed by atoms with Gasteiger partial charge in [0.2, 0.25) is 0 Å². The number of anilines is 1. The summed E-state index contributed by atoms with van der Waals surface area (Å²) in [5, 5.41) is 6.03. The van der Waals surface area contributed by atoms with Crippen LogP contribution in [0.1, 0.15) is 19.3 Å². The molecular formula is C18H21N. The van der Waals surface area contributed by atoms with Gasteiger partial charge in [-0.25, -0.2) is 0 Å². The summed E-state index contributed by atoms with van der Waals surface area (Å²) in [7, 11) is 0. The summed E-state index contributed by atoms with van der Waals surface area (Å²) in [6, 6.07) is 14.8. The Labute approximate surface area is 115 Å². The van der Waals surface area contributed by atoms with E-state index in [0.29, 0.717) is 0 Å². The monoisotopic (exact) mass is 251 g/mol. The molecule has 2 aromatic rings. The van der Waals surface area contributed by atoms with Crippen molar-refractivity contribution >= 4 is 16.5 Å². The van der Waals surface area contributed by atoms with Gasteiger partial charge in [0.05, 0.1) is 0 Å². The number of hydrogen-bond acceptors (Lipinski definition) is 1. The van der Waals surface area contributed by atoms with E-state index in [1.807, 2.05) is 6.08 Å². The van der Waals surface area contributed by atoms with Gasteiger partial charge >= 0.3 is 0 Å². The molecule has 1 heteroatoms. The second-order valence-corrected chi connectivity index (χ2v) is 4.60. The minimum absolute atomic E-state index is 0.877. The fraction of sp³-hybridized carbons (Fsp3) is 0.222. The number of allylic oxidation sites excluding steroid dienone is 2. The van der Waals surface area contributed by atoms with Crippen LogP contribution >= 0.6 is 0 Å². The van der Waals surface area contributed by atoms with E-state index in [1.165, 1.54) is 22.9 Å². The van der Waals surface area contributed by atoms with E-state index >= 15 is 0 Å². The number of nitrogens with one attached hydrogen (secondary N) is 1. The molecule has 0 amide bonds. The molecule has 0 atom stereocenters. The first-order valence-corrected chi connectivity index (χ1v) is 6.89. The third kappa shape index (κ3) is 3.99. The highest BCUT2D eigenvalue weighted by molar-refractivity contribution is 5.93. The highest BCUT2D eigenvalue weighted by Gasteiger charge is 1.97. The van der Waals surface area contributed by atoms with E-state index in [4.69, 9.17) is 0 Å². The average molecular weight is 251 g/mol. The molecule has 0 aliphatic rings. The molecular weight excluding hydrogens is 230 g/mol. The van der Waals surface area contributed by atoms with Crippen LogP contribution in [0.5, 0.6) is 0 Å². The molecule has 0 saturated heterocycles. The summed E-state index contributed by atoms with van der Waals surface area (Å²) in [5.74, 6) is 0. The maximum Gasteiger partial charge on any atom is 0.0422 e. The van der Waals surface area contributed by atoms with Crippen molar-refractivity contribution in [2.75, 3.05) is 11.9 Å². The molecule has 1 N–H and O–H groups in total. The predicted octanol–water partition coefficient (Wildman–Crippen LogP) is 5.16. The zero-order valence-electron chi connectivity index (χ0n) is 11.3. The van der Waals surface area contributed by atoms with Crippen molar-refractivity contribution in [1.29, 1.82) is 0 Å². The van der Waals surface area contributed by atoms with E-state index in [9.17, 15) is 0 Å². The first-order chi connectivity index (χ1) is 9.42.